The van der Waals surface area contributed by atoms with Crippen molar-refractivity contribution in [2.45, 2.75) is 13.3 Å². The molecule has 0 atom stereocenters. The van der Waals surface area contributed by atoms with E-state index in [0.717, 1.165) is 33.7 Å². The zero-order valence-corrected chi connectivity index (χ0v) is 12.1. The molecule has 1 aromatic carbocycles. The van der Waals surface area contributed by atoms with Gasteiger partial charge in [0, 0.05) is 10.0 Å². The van der Waals surface area contributed by atoms with Crippen molar-refractivity contribution >= 4 is 15.9 Å². The van der Waals surface area contributed by atoms with Gasteiger partial charge in [-0.15, -0.1) is 0 Å². The van der Waals surface area contributed by atoms with Crippen LogP contribution in [0.15, 0.2) is 28.7 Å². The van der Waals surface area contributed by atoms with Crippen molar-refractivity contribution in [1.82, 2.24) is 9.78 Å². The standard InChI is InChI=1S/C13H16BrN3O/c1-9-12(7-8-15)13(18-2)17(16-9)11-5-3-10(14)4-6-11/h3-6H,7-8,15H2,1-2H3. The van der Waals surface area contributed by atoms with Crippen LogP contribution in [0.25, 0.3) is 5.69 Å². The molecule has 2 N–H and O–H groups in total. The van der Waals surface area contributed by atoms with E-state index in [1.165, 1.54) is 0 Å². The zero-order chi connectivity index (χ0) is 13.1. The number of aromatic nitrogens is 2. The third-order valence-electron chi connectivity index (χ3n) is 2.80. The SMILES string of the molecule is COc1c(CCN)c(C)nn1-c1ccc(Br)cc1. The first kappa shape index (κ1) is 13.1. The van der Waals surface area contributed by atoms with Gasteiger partial charge in [-0.3, -0.25) is 0 Å². The summed E-state index contributed by atoms with van der Waals surface area (Å²) in [5, 5.41) is 4.52. The lowest BCUT2D eigenvalue weighted by atomic mass is 10.2. The Labute approximate surface area is 115 Å². The summed E-state index contributed by atoms with van der Waals surface area (Å²) in [6.45, 7) is 2.56. The van der Waals surface area contributed by atoms with Crippen LogP contribution in [0.4, 0.5) is 0 Å². The highest BCUT2D eigenvalue weighted by Crippen LogP contribution is 2.26. The van der Waals surface area contributed by atoms with Crippen molar-refractivity contribution in [3.63, 3.8) is 0 Å². The summed E-state index contributed by atoms with van der Waals surface area (Å²) in [7, 11) is 1.66. The molecule has 5 heteroatoms. The van der Waals surface area contributed by atoms with E-state index in [-0.39, 0.29) is 0 Å². The van der Waals surface area contributed by atoms with Gasteiger partial charge in [-0.2, -0.15) is 5.10 Å². The normalized spacial score (nSPS) is 10.7. The lowest BCUT2D eigenvalue weighted by Gasteiger charge is -2.07. The van der Waals surface area contributed by atoms with Gasteiger partial charge in [0.05, 0.1) is 18.5 Å². The van der Waals surface area contributed by atoms with Crippen LogP contribution < -0.4 is 10.5 Å². The molecule has 96 valence electrons. The molecular formula is C13H16BrN3O. The fourth-order valence-electron chi connectivity index (χ4n) is 1.94. The second-order valence-corrected chi connectivity index (χ2v) is 4.92. The van der Waals surface area contributed by atoms with E-state index in [0.29, 0.717) is 6.54 Å². The lowest BCUT2D eigenvalue weighted by Crippen LogP contribution is -2.05. The largest absolute Gasteiger partial charge is 0.481 e. The maximum atomic E-state index is 5.62. The van der Waals surface area contributed by atoms with E-state index in [4.69, 9.17) is 10.5 Å². The average molecular weight is 310 g/mol. The van der Waals surface area contributed by atoms with E-state index in [2.05, 4.69) is 21.0 Å². The maximum Gasteiger partial charge on any atom is 0.219 e. The van der Waals surface area contributed by atoms with Gasteiger partial charge >= 0.3 is 0 Å². The summed E-state index contributed by atoms with van der Waals surface area (Å²) >= 11 is 3.42. The molecule has 0 bridgehead atoms. The molecule has 2 aromatic rings. The summed E-state index contributed by atoms with van der Waals surface area (Å²) in [6.07, 6.45) is 0.769. The minimum absolute atomic E-state index is 0.587. The molecule has 2 rings (SSSR count). The minimum Gasteiger partial charge on any atom is -0.481 e. The summed E-state index contributed by atoms with van der Waals surface area (Å²) in [6, 6.07) is 7.94. The second kappa shape index (κ2) is 5.54. The lowest BCUT2D eigenvalue weighted by molar-refractivity contribution is 0.379. The molecule has 0 aliphatic heterocycles. The monoisotopic (exact) mass is 309 g/mol. The number of hydrogen-bond acceptors (Lipinski definition) is 3. The molecule has 0 amide bonds. The Balaban J connectivity index is 2.50. The number of methoxy groups -OCH3 is 1. The first-order chi connectivity index (χ1) is 8.67. The van der Waals surface area contributed by atoms with Crippen molar-refractivity contribution in [2.75, 3.05) is 13.7 Å². The third-order valence-corrected chi connectivity index (χ3v) is 3.32. The predicted molar refractivity (Wildman–Crippen MR) is 75.3 cm³/mol. The average Bonchev–Trinajstić information content (AvgIpc) is 2.68. The highest BCUT2D eigenvalue weighted by Gasteiger charge is 2.16. The zero-order valence-electron chi connectivity index (χ0n) is 10.5. The highest BCUT2D eigenvalue weighted by molar-refractivity contribution is 9.10. The smallest absolute Gasteiger partial charge is 0.219 e. The molecule has 4 nitrogen and oxygen atoms in total. The van der Waals surface area contributed by atoms with Crippen LogP contribution in [-0.2, 0) is 6.42 Å². The molecule has 0 unspecified atom stereocenters. The van der Waals surface area contributed by atoms with Gasteiger partial charge in [0.25, 0.3) is 0 Å². The predicted octanol–water partition coefficient (Wildman–Crippen LogP) is 2.45. The molecule has 0 aliphatic rings. The number of nitrogens with zero attached hydrogens (tertiary/aromatic N) is 2. The Morgan fingerprint density at radius 1 is 1.33 bits per heavy atom. The molecule has 0 radical (unpaired) electrons. The van der Waals surface area contributed by atoms with Crippen LogP contribution in [0.3, 0.4) is 0 Å². The van der Waals surface area contributed by atoms with Gasteiger partial charge in [-0.05, 0) is 44.2 Å². The number of rotatable bonds is 4. The van der Waals surface area contributed by atoms with Gasteiger partial charge in [0.2, 0.25) is 5.88 Å². The van der Waals surface area contributed by atoms with Crippen molar-refractivity contribution in [3.8, 4) is 11.6 Å². The molecule has 0 aliphatic carbocycles. The van der Waals surface area contributed by atoms with Gasteiger partial charge < -0.3 is 10.5 Å². The number of aryl methyl sites for hydroxylation is 1. The molecule has 1 heterocycles. The molecule has 0 saturated carbocycles. The summed E-state index contributed by atoms with van der Waals surface area (Å²) in [4.78, 5) is 0. The number of nitrogens with two attached hydrogens (primary N) is 1. The minimum atomic E-state index is 0.587. The van der Waals surface area contributed by atoms with Gasteiger partial charge in [0.15, 0.2) is 0 Å². The summed E-state index contributed by atoms with van der Waals surface area (Å²) in [5.41, 5.74) is 8.63. The Morgan fingerprint density at radius 3 is 2.56 bits per heavy atom. The second-order valence-electron chi connectivity index (χ2n) is 4.00. The topological polar surface area (TPSA) is 53.1 Å². The first-order valence-electron chi connectivity index (χ1n) is 5.76. The number of ether oxygens (including phenoxy) is 1. The summed E-state index contributed by atoms with van der Waals surface area (Å²) in [5.74, 6) is 0.764. The van der Waals surface area contributed by atoms with Crippen LogP contribution in [0.1, 0.15) is 11.3 Å². The Morgan fingerprint density at radius 2 is 2.00 bits per heavy atom. The van der Waals surface area contributed by atoms with Crippen molar-refractivity contribution < 1.29 is 4.74 Å². The fourth-order valence-corrected chi connectivity index (χ4v) is 2.20. The Kier molecular flexibility index (Phi) is 4.04. The van der Waals surface area contributed by atoms with E-state index >= 15 is 0 Å². The molecule has 0 spiro atoms. The van der Waals surface area contributed by atoms with Crippen LogP contribution in [0.2, 0.25) is 0 Å². The van der Waals surface area contributed by atoms with Crippen LogP contribution in [-0.4, -0.2) is 23.4 Å². The Bertz CT molecular complexity index is 534. The molecular weight excluding hydrogens is 294 g/mol. The van der Waals surface area contributed by atoms with Crippen molar-refractivity contribution in [3.05, 3.63) is 40.0 Å². The number of benzene rings is 1. The maximum absolute atomic E-state index is 5.62. The quantitative estimate of drug-likeness (QED) is 0.944. The van der Waals surface area contributed by atoms with Gasteiger partial charge in [-0.25, -0.2) is 4.68 Å². The summed E-state index contributed by atoms with van der Waals surface area (Å²) < 4.78 is 8.32. The third kappa shape index (κ3) is 2.42. The van der Waals surface area contributed by atoms with Crippen molar-refractivity contribution in [2.24, 2.45) is 5.73 Å². The first-order valence-corrected chi connectivity index (χ1v) is 6.55. The van der Waals surface area contributed by atoms with Crippen LogP contribution in [0, 0.1) is 6.92 Å². The molecule has 1 aromatic heterocycles. The molecule has 18 heavy (non-hydrogen) atoms. The van der Waals surface area contributed by atoms with E-state index < -0.39 is 0 Å². The highest BCUT2D eigenvalue weighted by atomic mass is 79.9. The molecule has 0 fully saturated rings. The van der Waals surface area contributed by atoms with E-state index in [1.807, 2.05) is 35.9 Å². The number of hydrogen-bond donors (Lipinski definition) is 1. The fraction of sp³-hybridized carbons (Fsp3) is 0.308. The van der Waals surface area contributed by atoms with Crippen LogP contribution >= 0.6 is 15.9 Å². The van der Waals surface area contributed by atoms with Crippen LogP contribution in [0.5, 0.6) is 5.88 Å². The van der Waals surface area contributed by atoms with Crippen molar-refractivity contribution in [1.29, 1.82) is 0 Å². The Hall–Kier alpha value is -1.33. The van der Waals surface area contributed by atoms with E-state index in [9.17, 15) is 0 Å². The number of halogens is 1. The molecule has 0 saturated heterocycles. The van der Waals surface area contributed by atoms with E-state index in [1.54, 1.807) is 7.11 Å². The van der Waals surface area contributed by atoms with Gasteiger partial charge in [-0.1, -0.05) is 15.9 Å². The van der Waals surface area contributed by atoms with Gasteiger partial charge in [0.1, 0.15) is 0 Å².